The molecule has 0 amide bonds. The van der Waals surface area contributed by atoms with Gasteiger partial charge in [0.1, 0.15) is 5.82 Å². The Morgan fingerprint density at radius 1 is 1.45 bits per heavy atom. The maximum absolute atomic E-state index is 13.7. The summed E-state index contributed by atoms with van der Waals surface area (Å²) >= 11 is 0. The molecule has 0 saturated carbocycles. The van der Waals surface area contributed by atoms with E-state index in [1.165, 1.54) is 6.07 Å². The maximum Gasteiger partial charge on any atom is 0.129 e. The quantitative estimate of drug-likeness (QED) is 0.870. The van der Waals surface area contributed by atoms with E-state index in [1.54, 1.807) is 18.2 Å². The summed E-state index contributed by atoms with van der Waals surface area (Å²) in [6.07, 6.45) is 1.77. The van der Waals surface area contributed by atoms with Crippen molar-refractivity contribution in [3.63, 3.8) is 0 Å². The Labute approximate surface area is 120 Å². The Hall–Kier alpha value is -0.970. The van der Waals surface area contributed by atoms with Crippen LogP contribution in [0.15, 0.2) is 24.3 Å². The van der Waals surface area contributed by atoms with Crippen LogP contribution in [0.3, 0.4) is 0 Å². The summed E-state index contributed by atoms with van der Waals surface area (Å²) in [5, 5.41) is 10.3. The van der Waals surface area contributed by atoms with E-state index in [0.29, 0.717) is 11.7 Å². The zero-order valence-electron chi connectivity index (χ0n) is 12.3. The van der Waals surface area contributed by atoms with Gasteiger partial charge < -0.3 is 14.7 Å². The number of aliphatic hydroxyl groups is 1. The third kappa shape index (κ3) is 4.01. The molecule has 1 N–H and O–H groups in total. The molecule has 0 spiro atoms. The van der Waals surface area contributed by atoms with E-state index in [1.807, 2.05) is 14.0 Å². The molecule has 1 fully saturated rings. The molecule has 112 valence electrons. The number of aliphatic hydroxyl groups excluding tert-OH is 1. The summed E-state index contributed by atoms with van der Waals surface area (Å²) in [4.78, 5) is 2.16. The Morgan fingerprint density at radius 3 is 2.85 bits per heavy atom. The molecule has 1 saturated heterocycles. The molecule has 1 heterocycles. The van der Waals surface area contributed by atoms with Gasteiger partial charge in [0.25, 0.3) is 0 Å². The van der Waals surface area contributed by atoms with Gasteiger partial charge in [0.05, 0.1) is 12.2 Å². The van der Waals surface area contributed by atoms with E-state index >= 15 is 0 Å². The minimum Gasteiger partial charge on any atom is -0.388 e. The van der Waals surface area contributed by atoms with Crippen LogP contribution in [0.5, 0.6) is 0 Å². The number of hydrogen-bond donors (Lipinski definition) is 1. The third-order valence-electron chi connectivity index (χ3n) is 3.90. The van der Waals surface area contributed by atoms with Crippen LogP contribution in [-0.4, -0.2) is 42.9 Å². The molecule has 1 aliphatic rings. The number of likely N-dealkylation sites (N-methyl/N-ethyl adjacent to an activating group) is 1. The van der Waals surface area contributed by atoms with Crippen molar-refractivity contribution in [2.75, 3.05) is 26.7 Å². The average molecular weight is 281 g/mol. The van der Waals surface area contributed by atoms with Gasteiger partial charge in [0.2, 0.25) is 0 Å². The lowest BCUT2D eigenvalue weighted by Gasteiger charge is -2.27. The number of nitrogens with zero attached hydrogens (tertiary/aromatic N) is 1. The lowest BCUT2D eigenvalue weighted by atomic mass is 9.96. The fourth-order valence-electron chi connectivity index (χ4n) is 2.82. The molecule has 3 nitrogen and oxygen atoms in total. The van der Waals surface area contributed by atoms with Crippen LogP contribution < -0.4 is 0 Å². The highest BCUT2D eigenvalue weighted by Crippen LogP contribution is 2.25. The molecule has 0 bridgehead atoms. The minimum atomic E-state index is -0.775. The zero-order valence-corrected chi connectivity index (χ0v) is 12.3. The fourth-order valence-corrected chi connectivity index (χ4v) is 2.82. The van der Waals surface area contributed by atoms with E-state index in [9.17, 15) is 9.50 Å². The summed E-state index contributed by atoms with van der Waals surface area (Å²) in [5.41, 5.74) is 0.380. The van der Waals surface area contributed by atoms with E-state index < -0.39 is 6.10 Å². The lowest BCUT2D eigenvalue weighted by molar-refractivity contribution is 0.0558. The van der Waals surface area contributed by atoms with E-state index in [2.05, 4.69) is 4.90 Å². The summed E-state index contributed by atoms with van der Waals surface area (Å²) in [7, 11) is 2.02. The molecule has 20 heavy (non-hydrogen) atoms. The van der Waals surface area contributed by atoms with Crippen LogP contribution in [0.1, 0.15) is 31.4 Å². The highest BCUT2D eigenvalue weighted by molar-refractivity contribution is 5.20. The first kappa shape index (κ1) is 15.4. The Bertz CT molecular complexity index is 421. The van der Waals surface area contributed by atoms with Crippen molar-refractivity contribution in [3.05, 3.63) is 35.6 Å². The molecule has 2 rings (SSSR count). The van der Waals surface area contributed by atoms with Crippen molar-refractivity contribution < 1.29 is 14.2 Å². The van der Waals surface area contributed by atoms with Gasteiger partial charge in [0, 0.05) is 25.3 Å². The molecule has 1 aliphatic heterocycles. The third-order valence-corrected chi connectivity index (χ3v) is 3.90. The van der Waals surface area contributed by atoms with Crippen molar-refractivity contribution in [2.24, 2.45) is 5.92 Å². The van der Waals surface area contributed by atoms with Gasteiger partial charge >= 0.3 is 0 Å². The summed E-state index contributed by atoms with van der Waals surface area (Å²) in [6, 6.07) is 6.43. The second kappa shape index (κ2) is 7.16. The topological polar surface area (TPSA) is 32.7 Å². The Morgan fingerprint density at radius 2 is 2.20 bits per heavy atom. The summed E-state index contributed by atoms with van der Waals surface area (Å²) in [6.45, 7) is 4.39. The van der Waals surface area contributed by atoms with Gasteiger partial charge in [-0.15, -0.1) is 0 Å². The Balaban J connectivity index is 1.87. The van der Waals surface area contributed by atoms with Crippen molar-refractivity contribution >= 4 is 0 Å². The first-order chi connectivity index (χ1) is 9.58. The number of benzene rings is 1. The van der Waals surface area contributed by atoms with Crippen LogP contribution >= 0.6 is 0 Å². The summed E-state index contributed by atoms with van der Waals surface area (Å²) in [5.74, 6) is -0.369. The van der Waals surface area contributed by atoms with Crippen molar-refractivity contribution in [2.45, 2.75) is 32.0 Å². The number of halogens is 1. The zero-order chi connectivity index (χ0) is 14.5. The largest absolute Gasteiger partial charge is 0.388 e. The standard InChI is InChI=1S/C16H24FNO2/c1-12(10-18(2)11-13-6-5-9-20-13)16(19)14-7-3-4-8-15(14)17/h3-4,7-8,12-13,16,19H,5-6,9-11H2,1-2H3. The smallest absolute Gasteiger partial charge is 0.129 e. The SMILES string of the molecule is CC(CN(C)CC1CCCO1)C(O)c1ccccc1F. The second-order valence-corrected chi connectivity index (χ2v) is 5.80. The van der Waals surface area contributed by atoms with E-state index in [4.69, 9.17) is 4.74 Å². The number of ether oxygens (including phenoxy) is 1. The molecule has 1 aromatic rings. The molecule has 0 radical (unpaired) electrons. The lowest BCUT2D eigenvalue weighted by Crippen LogP contribution is -2.34. The molecule has 1 aromatic carbocycles. The van der Waals surface area contributed by atoms with Crippen LogP contribution in [0.2, 0.25) is 0 Å². The van der Waals surface area contributed by atoms with Crippen LogP contribution in [-0.2, 0) is 4.74 Å². The maximum atomic E-state index is 13.7. The highest BCUT2D eigenvalue weighted by atomic mass is 19.1. The highest BCUT2D eigenvalue weighted by Gasteiger charge is 2.23. The van der Waals surface area contributed by atoms with Gasteiger partial charge in [-0.3, -0.25) is 0 Å². The molecular weight excluding hydrogens is 257 g/mol. The van der Waals surface area contributed by atoms with Gasteiger partial charge in [-0.25, -0.2) is 4.39 Å². The first-order valence-electron chi connectivity index (χ1n) is 7.30. The molecular formula is C16H24FNO2. The molecule has 4 heteroatoms. The molecule has 0 aromatic heterocycles. The molecule has 3 unspecified atom stereocenters. The number of hydrogen-bond acceptors (Lipinski definition) is 3. The molecule has 3 atom stereocenters. The second-order valence-electron chi connectivity index (χ2n) is 5.80. The van der Waals surface area contributed by atoms with E-state index in [0.717, 1.165) is 32.5 Å². The van der Waals surface area contributed by atoms with Crippen molar-refractivity contribution in [3.8, 4) is 0 Å². The number of rotatable bonds is 6. The van der Waals surface area contributed by atoms with E-state index in [-0.39, 0.29) is 11.7 Å². The normalized spacial score (nSPS) is 22.1. The van der Waals surface area contributed by atoms with Crippen LogP contribution in [0.25, 0.3) is 0 Å². The Kier molecular flexibility index (Phi) is 5.52. The van der Waals surface area contributed by atoms with Gasteiger partial charge in [-0.05, 0) is 31.9 Å². The molecule has 0 aliphatic carbocycles. The van der Waals surface area contributed by atoms with Crippen LogP contribution in [0.4, 0.5) is 4.39 Å². The van der Waals surface area contributed by atoms with Gasteiger partial charge in [-0.1, -0.05) is 25.1 Å². The van der Waals surface area contributed by atoms with Gasteiger partial charge in [0.15, 0.2) is 0 Å². The fraction of sp³-hybridized carbons (Fsp3) is 0.625. The minimum absolute atomic E-state index is 0.0293. The summed E-state index contributed by atoms with van der Waals surface area (Å²) < 4.78 is 19.3. The van der Waals surface area contributed by atoms with Crippen LogP contribution in [0, 0.1) is 11.7 Å². The van der Waals surface area contributed by atoms with Crippen molar-refractivity contribution in [1.82, 2.24) is 4.90 Å². The monoisotopic (exact) mass is 281 g/mol. The average Bonchev–Trinajstić information content (AvgIpc) is 2.91. The predicted molar refractivity (Wildman–Crippen MR) is 77.0 cm³/mol. The predicted octanol–water partition coefficient (Wildman–Crippen LogP) is 2.61. The first-order valence-corrected chi connectivity index (χ1v) is 7.30. The van der Waals surface area contributed by atoms with Gasteiger partial charge in [-0.2, -0.15) is 0 Å². The van der Waals surface area contributed by atoms with Crippen molar-refractivity contribution in [1.29, 1.82) is 0 Å².